The van der Waals surface area contributed by atoms with Crippen LogP contribution in [0, 0.1) is 0 Å². The smallest absolute Gasteiger partial charge is 0.134 e. The van der Waals surface area contributed by atoms with Crippen molar-refractivity contribution < 1.29 is 0 Å². The van der Waals surface area contributed by atoms with Crippen molar-refractivity contribution in [2.45, 2.75) is 37.6 Å². The van der Waals surface area contributed by atoms with Crippen molar-refractivity contribution in [3.8, 4) is 0 Å². The van der Waals surface area contributed by atoms with E-state index in [0.717, 1.165) is 18.0 Å². The Morgan fingerprint density at radius 3 is 2.85 bits per heavy atom. The molecule has 0 unspecified atom stereocenters. The third kappa shape index (κ3) is 1.70. The number of aromatic nitrogens is 2. The van der Waals surface area contributed by atoms with E-state index >= 15 is 0 Å². The lowest BCUT2D eigenvalue weighted by Crippen LogP contribution is -2.16. The summed E-state index contributed by atoms with van der Waals surface area (Å²) >= 11 is 1.85. The molecule has 2 heterocycles. The summed E-state index contributed by atoms with van der Waals surface area (Å²) in [4.78, 5) is 8.97. The highest BCUT2D eigenvalue weighted by Gasteiger charge is 2.21. The van der Waals surface area contributed by atoms with Crippen molar-refractivity contribution in [2.75, 3.05) is 5.75 Å². The van der Waals surface area contributed by atoms with E-state index in [1.165, 1.54) is 10.6 Å². The number of hydrogen-bond donors (Lipinski definition) is 0. The van der Waals surface area contributed by atoms with Crippen LogP contribution in [-0.4, -0.2) is 15.7 Å². The first-order chi connectivity index (χ1) is 6.07. The third-order valence-corrected chi connectivity index (χ3v) is 3.14. The van der Waals surface area contributed by atoms with Gasteiger partial charge in [0.2, 0.25) is 0 Å². The highest BCUT2D eigenvalue weighted by molar-refractivity contribution is 7.99. The number of rotatable bonds is 0. The quantitative estimate of drug-likeness (QED) is 0.593. The van der Waals surface area contributed by atoms with Crippen LogP contribution in [0.5, 0.6) is 0 Å². The predicted octanol–water partition coefficient (Wildman–Crippen LogP) is 2.42. The number of nitrogens with zero attached hydrogens (tertiary/aromatic N) is 2. The van der Waals surface area contributed by atoms with Crippen molar-refractivity contribution in [3.05, 3.63) is 17.6 Å². The normalized spacial score (nSPS) is 15.9. The first-order valence-electron chi connectivity index (χ1n) is 4.56. The molecule has 0 spiro atoms. The molecule has 1 aliphatic rings. The topological polar surface area (TPSA) is 25.8 Å². The van der Waals surface area contributed by atoms with Crippen LogP contribution in [-0.2, 0) is 11.8 Å². The van der Waals surface area contributed by atoms with Crippen LogP contribution in [0.25, 0.3) is 0 Å². The third-order valence-electron chi connectivity index (χ3n) is 2.11. The molecular weight excluding hydrogens is 180 g/mol. The Labute approximate surface area is 83.2 Å². The van der Waals surface area contributed by atoms with Gasteiger partial charge in [0, 0.05) is 22.9 Å². The van der Waals surface area contributed by atoms with Gasteiger partial charge in [-0.3, -0.25) is 0 Å². The van der Waals surface area contributed by atoms with Crippen molar-refractivity contribution in [1.29, 1.82) is 0 Å². The fourth-order valence-corrected chi connectivity index (χ4v) is 2.31. The summed E-state index contributed by atoms with van der Waals surface area (Å²) in [6, 6.07) is 0. The highest BCUT2D eigenvalue weighted by atomic mass is 32.2. The monoisotopic (exact) mass is 194 g/mol. The zero-order valence-corrected chi connectivity index (χ0v) is 9.11. The molecule has 0 fully saturated rings. The van der Waals surface area contributed by atoms with E-state index in [4.69, 9.17) is 0 Å². The van der Waals surface area contributed by atoms with Gasteiger partial charge < -0.3 is 0 Å². The molecule has 2 rings (SSSR count). The predicted molar refractivity (Wildman–Crippen MR) is 55.2 cm³/mol. The summed E-state index contributed by atoms with van der Waals surface area (Å²) in [5.74, 6) is 2.12. The standard InChI is InChI=1S/C10H14N2S/c1-10(2,3)9-11-6-7-4-5-13-8(7)12-9/h6H,4-5H2,1-3H3. The largest absolute Gasteiger partial charge is 0.240 e. The lowest BCUT2D eigenvalue weighted by Gasteiger charge is -2.16. The molecule has 0 aliphatic carbocycles. The summed E-state index contributed by atoms with van der Waals surface area (Å²) < 4.78 is 0. The van der Waals surface area contributed by atoms with Gasteiger partial charge in [-0.1, -0.05) is 20.8 Å². The molecule has 0 bridgehead atoms. The minimum atomic E-state index is 0.0676. The molecule has 2 nitrogen and oxygen atoms in total. The zero-order valence-electron chi connectivity index (χ0n) is 8.29. The maximum atomic E-state index is 4.58. The Hall–Kier alpha value is -0.570. The van der Waals surface area contributed by atoms with Gasteiger partial charge >= 0.3 is 0 Å². The van der Waals surface area contributed by atoms with Gasteiger partial charge in [0.05, 0.1) is 0 Å². The molecule has 0 radical (unpaired) electrons. The zero-order chi connectivity index (χ0) is 9.47. The SMILES string of the molecule is CC(C)(C)c1ncc2c(n1)SCC2. The van der Waals surface area contributed by atoms with Crippen LogP contribution in [0.1, 0.15) is 32.2 Å². The molecule has 0 saturated carbocycles. The number of fused-ring (bicyclic) bond motifs is 1. The Bertz CT molecular complexity index is 328. The average Bonchev–Trinajstić information content (AvgIpc) is 2.47. The summed E-state index contributed by atoms with van der Waals surface area (Å²) in [5, 5.41) is 1.19. The second-order valence-electron chi connectivity index (χ2n) is 4.37. The Morgan fingerprint density at radius 2 is 2.15 bits per heavy atom. The van der Waals surface area contributed by atoms with Crippen molar-refractivity contribution >= 4 is 11.8 Å². The van der Waals surface area contributed by atoms with Gasteiger partial charge in [0.15, 0.2) is 0 Å². The van der Waals surface area contributed by atoms with Gasteiger partial charge in [-0.2, -0.15) is 0 Å². The Morgan fingerprint density at radius 1 is 1.38 bits per heavy atom. The van der Waals surface area contributed by atoms with E-state index in [1.807, 2.05) is 18.0 Å². The van der Waals surface area contributed by atoms with Gasteiger partial charge in [0.25, 0.3) is 0 Å². The fourth-order valence-electron chi connectivity index (χ4n) is 1.31. The summed E-state index contributed by atoms with van der Waals surface area (Å²) in [5.41, 5.74) is 1.39. The van der Waals surface area contributed by atoms with Crippen molar-refractivity contribution in [1.82, 2.24) is 9.97 Å². The van der Waals surface area contributed by atoms with Crippen LogP contribution in [0.3, 0.4) is 0 Å². The van der Waals surface area contributed by atoms with E-state index < -0.39 is 0 Å². The number of hydrogen-bond acceptors (Lipinski definition) is 3. The molecular formula is C10H14N2S. The first kappa shape index (κ1) is 9.00. The Balaban J connectivity index is 2.42. The Kier molecular flexibility index (Phi) is 2.06. The van der Waals surface area contributed by atoms with Gasteiger partial charge in [-0.05, 0) is 6.42 Å². The van der Waals surface area contributed by atoms with Crippen LogP contribution in [0.15, 0.2) is 11.2 Å². The molecule has 0 amide bonds. The van der Waals surface area contributed by atoms with E-state index in [2.05, 4.69) is 30.7 Å². The molecule has 1 aliphatic heterocycles. The lowest BCUT2D eigenvalue weighted by molar-refractivity contribution is 0.537. The van der Waals surface area contributed by atoms with Crippen LogP contribution < -0.4 is 0 Å². The molecule has 13 heavy (non-hydrogen) atoms. The van der Waals surface area contributed by atoms with Crippen molar-refractivity contribution in [2.24, 2.45) is 0 Å². The molecule has 1 aromatic heterocycles. The summed E-state index contributed by atoms with van der Waals surface area (Å²) in [6.07, 6.45) is 3.12. The van der Waals surface area contributed by atoms with Gasteiger partial charge in [-0.25, -0.2) is 9.97 Å². The van der Waals surface area contributed by atoms with E-state index in [9.17, 15) is 0 Å². The maximum Gasteiger partial charge on any atom is 0.134 e. The van der Waals surface area contributed by atoms with E-state index in [1.54, 1.807) is 0 Å². The van der Waals surface area contributed by atoms with Crippen LogP contribution in [0.4, 0.5) is 0 Å². The summed E-state index contributed by atoms with van der Waals surface area (Å²) in [6.45, 7) is 6.44. The van der Waals surface area contributed by atoms with Crippen molar-refractivity contribution in [3.63, 3.8) is 0 Å². The van der Waals surface area contributed by atoms with Gasteiger partial charge in [-0.15, -0.1) is 11.8 Å². The highest BCUT2D eigenvalue weighted by Crippen LogP contribution is 2.30. The first-order valence-corrected chi connectivity index (χ1v) is 5.55. The lowest BCUT2D eigenvalue weighted by atomic mass is 9.96. The van der Waals surface area contributed by atoms with E-state index in [-0.39, 0.29) is 5.41 Å². The molecule has 1 aromatic rings. The molecule has 0 N–H and O–H groups in total. The second kappa shape index (κ2) is 2.98. The number of thioether (sulfide) groups is 1. The summed E-state index contributed by atoms with van der Waals surface area (Å²) in [7, 11) is 0. The average molecular weight is 194 g/mol. The molecule has 0 aromatic carbocycles. The minimum absolute atomic E-state index is 0.0676. The molecule has 70 valence electrons. The minimum Gasteiger partial charge on any atom is -0.240 e. The second-order valence-corrected chi connectivity index (χ2v) is 5.46. The molecule has 0 saturated heterocycles. The van der Waals surface area contributed by atoms with Crippen LogP contribution in [0.2, 0.25) is 0 Å². The van der Waals surface area contributed by atoms with Gasteiger partial charge in [0.1, 0.15) is 10.9 Å². The molecule has 3 heteroatoms. The number of aryl methyl sites for hydroxylation is 1. The van der Waals surface area contributed by atoms with Crippen LogP contribution >= 0.6 is 11.8 Å². The maximum absolute atomic E-state index is 4.58. The van der Waals surface area contributed by atoms with E-state index in [0.29, 0.717) is 0 Å². The fraction of sp³-hybridized carbons (Fsp3) is 0.600. The molecule has 0 atom stereocenters.